The summed E-state index contributed by atoms with van der Waals surface area (Å²) in [6.07, 6.45) is 8.28. The number of likely N-dealkylation sites (N-methyl/N-ethyl adjacent to an activating group) is 1. The summed E-state index contributed by atoms with van der Waals surface area (Å²) in [5, 5.41) is 1.04. The highest BCUT2D eigenvalue weighted by atomic mass is 32.1. The zero-order chi connectivity index (χ0) is 13.1. The highest BCUT2D eigenvalue weighted by Crippen LogP contribution is 2.27. The molecule has 0 aromatic carbocycles. The number of anilines is 1. The van der Waals surface area contributed by atoms with Gasteiger partial charge in [0.05, 0.1) is 10.9 Å². The van der Waals surface area contributed by atoms with Gasteiger partial charge in [-0.3, -0.25) is 9.97 Å². The van der Waals surface area contributed by atoms with E-state index < -0.39 is 0 Å². The van der Waals surface area contributed by atoms with E-state index in [4.69, 9.17) is 0 Å². The lowest BCUT2D eigenvalue weighted by molar-refractivity contribution is 0.871. The second-order valence-corrected chi connectivity index (χ2v) is 5.38. The van der Waals surface area contributed by atoms with Gasteiger partial charge in [0.15, 0.2) is 5.13 Å². The van der Waals surface area contributed by atoms with Crippen LogP contribution in [-0.4, -0.2) is 28.5 Å². The van der Waals surface area contributed by atoms with Gasteiger partial charge in [-0.05, 0) is 30.2 Å². The van der Waals surface area contributed by atoms with Crippen LogP contribution in [0.1, 0.15) is 5.56 Å². The zero-order valence-corrected chi connectivity index (χ0v) is 11.5. The molecule has 0 aliphatic rings. The van der Waals surface area contributed by atoms with Crippen LogP contribution in [-0.2, 0) is 6.42 Å². The van der Waals surface area contributed by atoms with E-state index in [1.165, 1.54) is 10.3 Å². The number of aromatic nitrogens is 3. The first-order chi connectivity index (χ1) is 9.33. The van der Waals surface area contributed by atoms with Crippen molar-refractivity contribution in [3.8, 4) is 0 Å². The maximum Gasteiger partial charge on any atom is 0.186 e. The van der Waals surface area contributed by atoms with Crippen LogP contribution in [0, 0.1) is 0 Å². The lowest BCUT2D eigenvalue weighted by Crippen LogP contribution is -2.19. The molecule has 0 saturated carbocycles. The maximum absolute atomic E-state index is 4.59. The van der Waals surface area contributed by atoms with E-state index in [0.29, 0.717) is 0 Å². The first kappa shape index (κ1) is 12.0. The molecular formula is C14H14N4S. The Morgan fingerprint density at radius 2 is 1.89 bits per heavy atom. The summed E-state index contributed by atoms with van der Waals surface area (Å²) < 4.78 is 1.18. The Morgan fingerprint density at radius 3 is 2.68 bits per heavy atom. The van der Waals surface area contributed by atoms with E-state index in [1.54, 1.807) is 17.5 Å². The number of hydrogen-bond acceptors (Lipinski definition) is 5. The molecule has 0 bridgehead atoms. The van der Waals surface area contributed by atoms with Crippen LogP contribution in [0.15, 0.2) is 43.0 Å². The fraction of sp³-hybridized carbons (Fsp3) is 0.214. The van der Waals surface area contributed by atoms with Gasteiger partial charge < -0.3 is 4.90 Å². The fourth-order valence-corrected chi connectivity index (χ4v) is 2.79. The molecule has 0 unspecified atom stereocenters. The number of rotatable bonds is 4. The molecule has 0 atom stereocenters. The number of thiazole rings is 1. The van der Waals surface area contributed by atoms with Gasteiger partial charge in [0.1, 0.15) is 5.52 Å². The van der Waals surface area contributed by atoms with Gasteiger partial charge in [0.25, 0.3) is 0 Å². The highest BCUT2D eigenvalue weighted by Gasteiger charge is 2.08. The zero-order valence-electron chi connectivity index (χ0n) is 10.7. The topological polar surface area (TPSA) is 41.9 Å². The largest absolute Gasteiger partial charge is 0.351 e. The molecule has 3 aromatic heterocycles. The minimum Gasteiger partial charge on any atom is -0.351 e. The van der Waals surface area contributed by atoms with E-state index in [1.807, 2.05) is 24.7 Å². The summed E-state index contributed by atoms with van der Waals surface area (Å²) in [5.41, 5.74) is 2.27. The average Bonchev–Trinajstić information content (AvgIpc) is 2.90. The van der Waals surface area contributed by atoms with E-state index in [9.17, 15) is 0 Å². The summed E-state index contributed by atoms with van der Waals surface area (Å²) in [4.78, 5) is 14.9. The smallest absolute Gasteiger partial charge is 0.186 e. The van der Waals surface area contributed by atoms with E-state index >= 15 is 0 Å². The Balaban J connectivity index is 1.71. The molecule has 0 fully saturated rings. The third kappa shape index (κ3) is 2.71. The second kappa shape index (κ2) is 5.32. The Hall–Kier alpha value is -2.01. The molecule has 0 aliphatic carbocycles. The minimum atomic E-state index is 0.942. The molecule has 3 rings (SSSR count). The standard InChI is InChI=1S/C14H14N4S/c1-18(9-5-11-2-6-15-7-3-11)14-17-12-10-16-8-4-13(12)19-14/h2-4,6-8,10H,5,9H2,1H3. The average molecular weight is 270 g/mol. The predicted octanol–water partition coefficient (Wildman–Crippen LogP) is 2.77. The molecule has 3 aromatic rings. The fourth-order valence-electron chi connectivity index (χ4n) is 1.87. The summed E-state index contributed by atoms with van der Waals surface area (Å²) in [5.74, 6) is 0. The molecule has 0 saturated heterocycles. The van der Waals surface area contributed by atoms with Gasteiger partial charge in [-0.1, -0.05) is 11.3 Å². The molecule has 96 valence electrons. The van der Waals surface area contributed by atoms with Crippen LogP contribution >= 0.6 is 11.3 Å². The van der Waals surface area contributed by atoms with Crippen molar-refractivity contribution in [1.82, 2.24) is 15.0 Å². The number of pyridine rings is 2. The van der Waals surface area contributed by atoms with Crippen LogP contribution in [0.5, 0.6) is 0 Å². The first-order valence-electron chi connectivity index (χ1n) is 6.13. The predicted molar refractivity (Wildman–Crippen MR) is 78.6 cm³/mol. The van der Waals surface area contributed by atoms with Crippen molar-refractivity contribution < 1.29 is 0 Å². The SMILES string of the molecule is CN(CCc1ccncc1)c1nc2cnccc2s1. The quantitative estimate of drug-likeness (QED) is 0.731. The van der Waals surface area contributed by atoms with E-state index in [0.717, 1.165) is 23.6 Å². The molecule has 3 heterocycles. The summed E-state index contributed by atoms with van der Waals surface area (Å²) in [7, 11) is 2.08. The van der Waals surface area contributed by atoms with Crippen LogP contribution in [0.25, 0.3) is 10.2 Å². The van der Waals surface area contributed by atoms with Crippen molar-refractivity contribution in [2.24, 2.45) is 0 Å². The van der Waals surface area contributed by atoms with Crippen molar-refractivity contribution in [3.63, 3.8) is 0 Å². The molecule has 0 amide bonds. The number of hydrogen-bond donors (Lipinski definition) is 0. The molecule has 0 aliphatic heterocycles. The van der Waals surface area contributed by atoms with Gasteiger partial charge in [-0.25, -0.2) is 4.98 Å². The van der Waals surface area contributed by atoms with Crippen molar-refractivity contribution >= 4 is 26.7 Å². The van der Waals surface area contributed by atoms with Gasteiger partial charge in [0.2, 0.25) is 0 Å². The molecule has 0 N–H and O–H groups in total. The maximum atomic E-state index is 4.59. The van der Waals surface area contributed by atoms with Gasteiger partial charge in [-0.2, -0.15) is 0 Å². The number of fused-ring (bicyclic) bond motifs is 1. The molecule has 5 heteroatoms. The van der Waals surface area contributed by atoms with Crippen molar-refractivity contribution in [3.05, 3.63) is 48.5 Å². The lowest BCUT2D eigenvalue weighted by Gasteiger charge is -2.15. The van der Waals surface area contributed by atoms with Gasteiger partial charge in [0, 0.05) is 32.2 Å². The Morgan fingerprint density at radius 1 is 1.11 bits per heavy atom. The second-order valence-electron chi connectivity index (χ2n) is 4.37. The third-order valence-electron chi connectivity index (χ3n) is 2.99. The Bertz CT molecular complexity index is 632. The number of nitrogens with zero attached hydrogens (tertiary/aromatic N) is 4. The lowest BCUT2D eigenvalue weighted by atomic mass is 10.2. The molecule has 4 nitrogen and oxygen atoms in total. The Labute approximate surface area is 115 Å². The van der Waals surface area contributed by atoms with Crippen molar-refractivity contribution in [2.45, 2.75) is 6.42 Å². The van der Waals surface area contributed by atoms with E-state index in [-0.39, 0.29) is 0 Å². The first-order valence-corrected chi connectivity index (χ1v) is 6.95. The van der Waals surface area contributed by atoms with Crippen LogP contribution in [0.2, 0.25) is 0 Å². The van der Waals surface area contributed by atoms with Crippen molar-refractivity contribution in [1.29, 1.82) is 0 Å². The molecule has 0 radical (unpaired) electrons. The third-order valence-corrected chi connectivity index (χ3v) is 4.14. The van der Waals surface area contributed by atoms with E-state index in [2.05, 4.69) is 39.0 Å². The summed E-state index contributed by atoms with van der Waals surface area (Å²) >= 11 is 1.70. The van der Waals surface area contributed by atoms with Crippen LogP contribution in [0.3, 0.4) is 0 Å². The molecular weight excluding hydrogens is 256 g/mol. The highest BCUT2D eigenvalue weighted by molar-refractivity contribution is 7.22. The van der Waals surface area contributed by atoms with Gasteiger partial charge in [-0.15, -0.1) is 0 Å². The molecule has 19 heavy (non-hydrogen) atoms. The normalized spacial score (nSPS) is 10.8. The van der Waals surface area contributed by atoms with Crippen molar-refractivity contribution in [2.75, 3.05) is 18.5 Å². The van der Waals surface area contributed by atoms with Crippen LogP contribution in [0.4, 0.5) is 5.13 Å². The summed E-state index contributed by atoms with van der Waals surface area (Å²) in [6, 6.07) is 6.11. The van der Waals surface area contributed by atoms with Gasteiger partial charge >= 0.3 is 0 Å². The monoisotopic (exact) mass is 270 g/mol. The summed E-state index contributed by atoms with van der Waals surface area (Å²) in [6.45, 7) is 0.942. The minimum absolute atomic E-state index is 0.942. The van der Waals surface area contributed by atoms with Crippen LogP contribution < -0.4 is 4.90 Å². The molecule has 0 spiro atoms. The Kier molecular flexibility index (Phi) is 3.37.